The van der Waals surface area contributed by atoms with E-state index in [-0.39, 0.29) is 5.04 Å². The Kier molecular flexibility index (Phi) is 7.08. The number of nitrogens with one attached hydrogen (secondary N) is 2. The number of benzene rings is 2. The van der Waals surface area contributed by atoms with E-state index in [2.05, 4.69) is 119 Å². The maximum Gasteiger partial charge on any atom is 0.346 e. The SMILES string of the molecule is CC(C)(C)[Si](OC[C@H]1CC[N+]2=C(N1)N[C@@H](CI)CC2)(c1ccccc1)c1ccccc1. The van der Waals surface area contributed by atoms with Crippen molar-refractivity contribution in [2.24, 2.45) is 0 Å². The zero-order chi connectivity index (χ0) is 21.9. The highest BCUT2D eigenvalue weighted by atomic mass is 127. The van der Waals surface area contributed by atoms with Crippen LogP contribution in [0.1, 0.15) is 33.6 Å². The van der Waals surface area contributed by atoms with Gasteiger partial charge in [-0.15, -0.1) is 0 Å². The number of alkyl halides is 1. The largest absolute Gasteiger partial charge is 0.404 e. The summed E-state index contributed by atoms with van der Waals surface area (Å²) in [4.78, 5) is 0. The van der Waals surface area contributed by atoms with Crippen molar-refractivity contribution in [2.45, 2.75) is 50.7 Å². The molecule has 166 valence electrons. The van der Waals surface area contributed by atoms with Crippen molar-refractivity contribution in [3.8, 4) is 0 Å². The average Bonchev–Trinajstić information content (AvgIpc) is 2.79. The van der Waals surface area contributed by atoms with E-state index in [1.807, 2.05) is 0 Å². The summed E-state index contributed by atoms with van der Waals surface area (Å²) in [6.07, 6.45) is 2.33. The molecule has 0 saturated carbocycles. The lowest BCUT2D eigenvalue weighted by Gasteiger charge is -2.44. The Morgan fingerprint density at radius 2 is 1.42 bits per heavy atom. The van der Waals surface area contributed by atoms with E-state index < -0.39 is 8.32 Å². The summed E-state index contributed by atoms with van der Waals surface area (Å²) in [7, 11) is -2.48. The number of halogens is 1. The van der Waals surface area contributed by atoms with Crippen LogP contribution >= 0.6 is 22.6 Å². The molecule has 2 aliphatic heterocycles. The maximum atomic E-state index is 7.15. The van der Waals surface area contributed by atoms with Gasteiger partial charge in [-0.1, -0.05) is 104 Å². The van der Waals surface area contributed by atoms with Crippen molar-refractivity contribution in [3.05, 3.63) is 60.7 Å². The van der Waals surface area contributed by atoms with Crippen molar-refractivity contribution < 1.29 is 9.00 Å². The van der Waals surface area contributed by atoms with Crippen LogP contribution < -0.4 is 21.0 Å². The van der Waals surface area contributed by atoms with E-state index in [1.165, 1.54) is 22.8 Å². The fraction of sp³-hybridized carbons (Fsp3) is 0.480. The first-order valence-corrected chi connectivity index (χ1v) is 14.8. The topological polar surface area (TPSA) is 36.3 Å². The van der Waals surface area contributed by atoms with Gasteiger partial charge in [0.1, 0.15) is 0 Å². The second-order valence-corrected chi connectivity index (χ2v) is 14.9. The minimum atomic E-state index is -2.48. The fourth-order valence-electron chi connectivity index (χ4n) is 4.94. The van der Waals surface area contributed by atoms with E-state index in [0.29, 0.717) is 12.1 Å². The van der Waals surface area contributed by atoms with Gasteiger partial charge in [0.05, 0.1) is 31.8 Å². The molecule has 0 saturated heterocycles. The van der Waals surface area contributed by atoms with Crippen LogP contribution in [-0.2, 0) is 4.43 Å². The minimum absolute atomic E-state index is 0.0128. The van der Waals surface area contributed by atoms with Crippen LogP contribution in [0.15, 0.2) is 60.7 Å². The molecule has 0 aliphatic carbocycles. The zero-order valence-electron chi connectivity index (χ0n) is 18.9. The first-order valence-electron chi connectivity index (χ1n) is 11.4. The van der Waals surface area contributed by atoms with Gasteiger partial charge in [-0.3, -0.25) is 15.2 Å². The standard InChI is InChI=1S/C25H34IN3OSi/c1-25(2,3)31(22-10-6-4-7-11-22,23-12-8-5-9-13-23)30-19-21-15-17-29-16-14-20(18-26)27-24(29)28-21/h4-13,20-21H,14-19H2,1-3H3,(H,27,28)/p+1/t20-,21-/m1/s1. The zero-order valence-corrected chi connectivity index (χ0v) is 22.1. The van der Waals surface area contributed by atoms with Crippen molar-refractivity contribution >= 4 is 47.2 Å². The molecule has 0 unspecified atom stereocenters. The molecule has 0 fully saturated rings. The summed E-state index contributed by atoms with van der Waals surface area (Å²) < 4.78 is 10.8. The Hall–Kier alpha value is -1.38. The monoisotopic (exact) mass is 548 g/mol. The van der Waals surface area contributed by atoms with E-state index >= 15 is 0 Å². The summed E-state index contributed by atoms with van der Waals surface area (Å²) >= 11 is 2.48. The van der Waals surface area contributed by atoms with E-state index in [4.69, 9.17) is 4.43 Å². The highest BCUT2D eigenvalue weighted by Crippen LogP contribution is 2.36. The third kappa shape index (κ3) is 4.71. The summed E-state index contributed by atoms with van der Waals surface area (Å²) in [5.41, 5.74) is 0. The van der Waals surface area contributed by atoms with Gasteiger partial charge in [-0.25, -0.2) is 0 Å². The Morgan fingerprint density at radius 3 is 1.94 bits per heavy atom. The molecule has 0 aromatic heterocycles. The van der Waals surface area contributed by atoms with Crippen LogP contribution in [-0.4, -0.2) is 55.1 Å². The number of rotatable bonds is 6. The van der Waals surface area contributed by atoms with Crippen LogP contribution in [0.3, 0.4) is 0 Å². The predicted octanol–water partition coefficient (Wildman–Crippen LogP) is 3.09. The molecule has 6 heteroatoms. The smallest absolute Gasteiger partial charge is 0.346 e. The normalized spacial score (nSPS) is 21.8. The lowest BCUT2D eigenvalue weighted by molar-refractivity contribution is -0.542. The van der Waals surface area contributed by atoms with Gasteiger partial charge in [0.25, 0.3) is 8.32 Å². The molecule has 2 aromatic rings. The van der Waals surface area contributed by atoms with Crippen LogP contribution in [0.2, 0.25) is 5.04 Å². The Balaban J connectivity index is 1.61. The predicted molar refractivity (Wildman–Crippen MR) is 141 cm³/mol. The van der Waals surface area contributed by atoms with Gasteiger partial charge in [0, 0.05) is 17.3 Å². The summed E-state index contributed by atoms with van der Waals surface area (Å²) in [5.74, 6) is 1.20. The number of hydrogen-bond donors (Lipinski definition) is 2. The molecule has 2 atom stereocenters. The first kappa shape index (κ1) is 22.8. The molecular weight excluding hydrogens is 513 g/mol. The van der Waals surface area contributed by atoms with E-state index in [0.717, 1.165) is 30.5 Å². The molecule has 2 aromatic carbocycles. The molecule has 4 nitrogen and oxygen atoms in total. The van der Waals surface area contributed by atoms with Crippen molar-refractivity contribution in [3.63, 3.8) is 0 Å². The van der Waals surface area contributed by atoms with Crippen LogP contribution in [0.4, 0.5) is 0 Å². The minimum Gasteiger partial charge on any atom is -0.404 e. The van der Waals surface area contributed by atoms with Crippen LogP contribution in [0.5, 0.6) is 0 Å². The lowest BCUT2D eigenvalue weighted by Crippen LogP contribution is -2.68. The molecule has 0 spiro atoms. The maximum absolute atomic E-state index is 7.15. The quantitative estimate of drug-likeness (QED) is 0.252. The molecule has 2 aliphatic rings. The summed E-state index contributed by atoms with van der Waals surface area (Å²) in [5, 5.41) is 10.2. The van der Waals surface area contributed by atoms with Gasteiger partial charge in [-0.05, 0) is 15.4 Å². The molecule has 0 amide bonds. The average molecular weight is 549 g/mol. The van der Waals surface area contributed by atoms with Crippen molar-refractivity contribution in [1.82, 2.24) is 10.6 Å². The molecular formula is C25H35IN3OSi+. The van der Waals surface area contributed by atoms with E-state index in [1.54, 1.807) is 0 Å². The molecule has 0 radical (unpaired) electrons. The molecule has 0 bridgehead atoms. The Bertz CT molecular complexity index is 858. The lowest BCUT2D eigenvalue weighted by atomic mass is 10.1. The third-order valence-corrected chi connectivity index (χ3v) is 12.7. The Morgan fingerprint density at radius 1 is 0.903 bits per heavy atom. The van der Waals surface area contributed by atoms with Gasteiger partial charge in [0.15, 0.2) is 0 Å². The number of guanidine groups is 1. The third-order valence-electron chi connectivity index (χ3n) is 6.60. The van der Waals surface area contributed by atoms with Crippen molar-refractivity contribution in [2.75, 3.05) is 24.1 Å². The van der Waals surface area contributed by atoms with Gasteiger partial charge in [0.2, 0.25) is 0 Å². The van der Waals surface area contributed by atoms with Crippen molar-refractivity contribution in [1.29, 1.82) is 0 Å². The Labute approximate surface area is 201 Å². The second-order valence-electron chi connectivity index (χ2n) is 9.72. The first-order chi connectivity index (χ1) is 14.9. The highest BCUT2D eigenvalue weighted by Gasteiger charge is 2.50. The van der Waals surface area contributed by atoms with Gasteiger partial charge in [-0.2, -0.15) is 0 Å². The number of hydrogen-bond acceptors (Lipinski definition) is 3. The summed E-state index contributed by atoms with van der Waals surface area (Å²) in [6, 6.07) is 22.8. The fourth-order valence-corrected chi connectivity index (χ4v) is 10.2. The molecule has 2 heterocycles. The highest BCUT2D eigenvalue weighted by molar-refractivity contribution is 14.1. The summed E-state index contributed by atoms with van der Waals surface area (Å²) in [6.45, 7) is 10.00. The molecule has 31 heavy (non-hydrogen) atoms. The second kappa shape index (κ2) is 9.63. The number of nitrogens with zero attached hydrogens (tertiary/aromatic N) is 1. The van der Waals surface area contributed by atoms with Crippen LogP contribution in [0.25, 0.3) is 0 Å². The van der Waals surface area contributed by atoms with E-state index in [9.17, 15) is 0 Å². The van der Waals surface area contributed by atoms with Crippen LogP contribution in [0, 0.1) is 0 Å². The molecule has 4 rings (SSSR count). The van der Waals surface area contributed by atoms with Gasteiger partial charge >= 0.3 is 5.96 Å². The molecule has 2 N–H and O–H groups in total. The van der Waals surface area contributed by atoms with Gasteiger partial charge < -0.3 is 4.43 Å².